The quantitative estimate of drug-likeness (QED) is 0.144. The summed E-state index contributed by atoms with van der Waals surface area (Å²) in [5.74, 6) is 0.247. The maximum absolute atomic E-state index is 12.7. The predicted molar refractivity (Wildman–Crippen MR) is 138 cm³/mol. The van der Waals surface area contributed by atoms with Crippen molar-refractivity contribution in [3.63, 3.8) is 0 Å². The van der Waals surface area contributed by atoms with Crippen LogP contribution in [0, 0.1) is 10.1 Å². The molecule has 1 atom stereocenters. The van der Waals surface area contributed by atoms with E-state index in [1.54, 1.807) is 18.2 Å². The fourth-order valence-electron chi connectivity index (χ4n) is 3.06. The van der Waals surface area contributed by atoms with E-state index < -0.39 is 4.92 Å². The Morgan fingerprint density at radius 3 is 2.37 bits per heavy atom. The van der Waals surface area contributed by atoms with E-state index in [2.05, 4.69) is 17.6 Å². The van der Waals surface area contributed by atoms with E-state index in [1.165, 1.54) is 36.0 Å². The Labute approximate surface area is 208 Å². The number of unbranched alkanes of at least 4 members (excludes halogenated alkanes) is 1. The fraction of sp³-hybridized carbons (Fsp3) is 0.231. The smallest absolute Gasteiger partial charge is 0.269 e. The number of nitrogens with one attached hydrogen (secondary N) is 2. The van der Waals surface area contributed by atoms with Crippen molar-refractivity contribution in [2.24, 2.45) is 0 Å². The van der Waals surface area contributed by atoms with Crippen molar-refractivity contribution in [2.45, 2.75) is 36.8 Å². The van der Waals surface area contributed by atoms with Crippen LogP contribution in [0.1, 0.15) is 37.0 Å². The summed E-state index contributed by atoms with van der Waals surface area (Å²) in [5.41, 5.74) is 1.48. The molecule has 3 aromatic rings. The van der Waals surface area contributed by atoms with Crippen LogP contribution in [0.5, 0.6) is 5.75 Å². The van der Waals surface area contributed by atoms with Gasteiger partial charge >= 0.3 is 0 Å². The van der Waals surface area contributed by atoms with Crippen molar-refractivity contribution in [1.82, 2.24) is 0 Å². The Bertz CT molecular complexity index is 1170. The van der Waals surface area contributed by atoms with Gasteiger partial charge in [-0.05, 0) is 67.9 Å². The topological polar surface area (TPSA) is 111 Å². The molecule has 0 aliphatic carbocycles. The van der Waals surface area contributed by atoms with Crippen molar-refractivity contribution in [1.29, 1.82) is 0 Å². The third-order valence-electron chi connectivity index (χ3n) is 5.00. The zero-order chi connectivity index (χ0) is 25.2. The zero-order valence-corrected chi connectivity index (χ0v) is 20.3. The summed E-state index contributed by atoms with van der Waals surface area (Å²) in [6.45, 7) is 4.59. The number of carbonyl (C=O) groups excluding carboxylic acids is 2. The molecule has 0 spiro atoms. The molecule has 182 valence electrons. The molecule has 3 rings (SSSR count). The van der Waals surface area contributed by atoms with E-state index in [9.17, 15) is 19.7 Å². The molecule has 2 amide bonds. The van der Waals surface area contributed by atoms with Crippen molar-refractivity contribution in [3.8, 4) is 5.75 Å². The lowest BCUT2D eigenvalue weighted by atomic mass is 10.2. The first-order chi connectivity index (χ1) is 16.9. The van der Waals surface area contributed by atoms with Crippen LogP contribution in [0.2, 0.25) is 0 Å². The molecule has 0 bridgehead atoms. The minimum Gasteiger partial charge on any atom is -0.494 e. The molecule has 2 N–H and O–H groups in total. The molecule has 8 nitrogen and oxygen atoms in total. The minimum absolute atomic E-state index is 0.0801. The molecular weight excluding hydrogens is 466 g/mol. The van der Waals surface area contributed by atoms with E-state index >= 15 is 0 Å². The second-order valence-electron chi connectivity index (χ2n) is 7.76. The molecule has 0 radical (unpaired) electrons. The van der Waals surface area contributed by atoms with Crippen LogP contribution < -0.4 is 15.4 Å². The number of non-ortho nitro benzene ring substituents is 1. The number of benzene rings is 3. The number of nitro groups is 1. The summed E-state index contributed by atoms with van der Waals surface area (Å²) in [6.07, 6.45) is 2.06. The summed E-state index contributed by atoms with van der Waals surface area (Å²) in [5, 5.41) is 16.1. The van der Waals surface area contributed by atoms with Gasteiger partial charge in [0.1, 0.15) is 5.75 Å². The van der Waals surface area contributed by atoms with Crippen LogP contribution in [0.4, 0.5) is 17.1 Å². The highest BCUT2D eigenvalue weighted by Crippen LogP contribution is 2.27. The van der Waals surface area contributed by atoms with Gasteiger partial charge in [-0.3, -0.25) is 19.7 Å². The van der Waals surface area contributed by atoms with Crippen LogP contribution in [0.25, 0.3) is 0 Å². The van der Waals surface area contributed by atoms with Gasteiger partial charge in [-0.2, -0.15) is 0 Å². The first kappa shape index (κ1) is 25.8. The van der Waals surface area contributed by atoms with Gasteiger partial charge in [-0.15, -0.1) is 11.8 Å². The lowest BCUT2D eigenvalue weighted by Gasteiger charge is -2.13. The zero-order valence-electron chi connectivity index (χ0n) is 19.5. The molecule has 0 aromatic heterocycles. The summed E-state index contributed by atoms with van der Waals surface area (Å²) >= 11 is 1.37. The number of thioether (sulfide) groups is 1. The Morgan fingerprint density at radius 1 is 1.00 bits per heavy atom. The molecule has 0 aliphatic rings. The number of nitro benzene ring substituents is 1. The normalized spacial score (nSPS) is 11.4. The highest BCUT2D eigenvalue weighted by atomic mass is 32.2. The van der Waals surface area contributed by atoms with Gasteiger partial charge in [0.2, 0.25) is 5.91 Å². The van der Waals surface area contributed by atoms with Gasteiger partial charge in [-0.25, -0.2) is 0 Å². The highest BCUT2D eigenvalue weighted by Gasteiger charge is 2.16. The minimum atomic E-state index is -0.516. The van der Waals surface area contributed by atoms with Gasteiger partial charge in [0.05, 0.1) is 16.8 Å². The largest absolute Gasteiger partial charge is 0.494 e. The lowest BCUT2D eigenvalue weighted by Crippen LogP contribution is -2.22. The highest BCUT2D eigenvalue weighted by molar-refractivity contribution is 8.00. The number of rotatable bonds is 11. The summed E-state index contributed by atoms with van der Waals surface area (Å²) < 4.78 is 5.64. The summed E-state index contributed by atoms with van der Waals surface area (Å²) in [4.78, 5) is 36.2. The summed E-state index contributed by atoms with van der Waals surface area (Å²) in [6, 6.07) is 19.8. The Hall–Kier alpha value is -3.85. The predicted octanol–water partition coefficient (Wildman–Crippen LogP) is 6.15. The van der Waals surface area contributed by atoms with Gasteiger partial charge < -0.3 is 15.4 Å². The number of carbonyl (C=O) groups is 2. The van der Waals surface area contributed by atoms with E-state index in [-0.39, 0.29) is 22.8 Å². The van der Waals surface area contributed by atoms with Crippen molar-refractivity contribution in [2.75, 3.05) is 17.2 Å². The lowest BCUT2D eigenvalue weighted by molar-refractivity contribution is -0.384. The van der Waals surface area contributed by atoms with E-state index in [1.807, 2.05) is 37.3 Å². The van der Waals surface area contributed by atoms with E-state index in [4.69, 9.17) is 4.74 Å². The van der Waals surface area contributed by atoms with Gasteiger partial charge in [-0.1, -0.05) is 19.4 Å². The molecular formula is C26H27N3O5S. The average Bonchev–Trinajstić information content (AvgIpc) is 2.85. The monoisotopic (exact) mass is 493 g/mol. The number of amides is 2. The molecule has 35 heavy (non-hydrogen) atoms. The van der Waals surface area contributed by atoms with Gasteiger partial charge in [0.15, 0.2) is 0 Å². The van der Waals surface area contributed by atoms with Gasteiger partial charge in [0.25, 0.3) is 11.6 Å². The molecule has 0 aliphatic heterocycles. The molecule has 3 aromatic carbocycles. The number of hydrogen-bond acceptors (Lipinski definition) is 6. The number of hydrogen-bond donors (Lipinski definition) is 2. The Kier molecular flexibility index (Phi) is 9.25. The first-order valence-electron chi connectivity index (χ1n) is 11.2. The number of nitrogens with zero attached hydrogens (tertiary/aromatic N) is 1. The Balaban J connectivity index is 1.54. The average molecular weight is 494 g/mol. The molecule has 0 heterocycles. The molecule has 0 fully saturated rings. The number of anilines is 2. The third-order valence-corrected chi connectivity index (χ3v) is 6.10. The van der Waals surface area contributed by atoms with E-state index in [0.29, 0.717) is 23.5 Å². The second kappa shape index (κ2) is 12.6. The molecule has 0 saturated carbocycles. The second-order valence-corrected chi connectivity index (χ2v) is 9.18. The van der Waals surface area contributed by atoms with Crippen LogP contribution in [0.15, 0.2) is 77.7 Å². The van der Waals surface area contributed by atoms with Crippen LogP contribution in [-0.2, 0) is 4.79 Å². The van der Waals surface area contributed by atoms with E-state index in [0.717, 1.165) is 23.5 Å². The van der Waals surface area contributed by atoms with Crippen LogP contribution in [-0.4, -0.2) is 28.6 Å². The van der Waals surface area contributed by atoms with Crippen molar-refractivity contribution in [3.05, 3.63) is 88.5 Å². The van der Waals surface area contributed by atoms with Gasteiger partial charge in [0, 0.05) is 34.0 Å². The first-order valence-corrected chi connectivity index (χ1v) is 12.1. The SMILES string of the molecule is CCCCOc1ccc(NC(=O)C(C)Sc2cccc(NC(=O)c3ccc([N+](=O)[O-])cc3)c2)cc1. The maximum Gasteiger partial charge on any atom is 0.269 e. The fourth-order valence-corrected chi connectivity index (χ4v) is 3.98. The maximum atomic E-state index is 12.7. The standard InChI is InChI=1S/C26H27N3O5S/c1-3-4-16-34-23-14-10-20(11-15-23)27-25(30)18(2)35-24-7-5-6-21(17-24)28-26(31)19-8-12-22(13-9-19)29(32)33/h5-15,17-18H,3-4,16H2,1-2H3,(H,27,30)(H,28,31). The van der Waals surface area contributed by atoms with Crippen molar-refractivity contribution >= 4 is 40.6 Å². The third kappa shape index (κ3) is 7.86. The van der Waals surface area contributed by atoms with Crippen molar-refractivity contribution < 1.29 is 19.2 Å². The number of ether oxygens (including phenoxy) is 1. The van der Waals surface area contributed by atoms with Crippen LogP contribution in [0.3, 0.4) is 0 Å². The summed E-state index contributed by atoms with van der Waals surface area (Å²) in [7, 11) is 0. The molecule has 9 heteroatoms. The molecule has 1 unspecified atom stereocenters. The Morgan fingerprint density at radius 2 is 1.71 bits per heavy atom. The molecule has 0 saturated heterocycles. The van der Waals surface area contributed by atoms with Crippen LogP contribution >= 0.6 is 11.8 Å².